The molecule has 0 saturated heterocycles. The third-order valence-electron chi connectivity index (χ3n) is 2.08. The van der Waals surface area contributed by atoms with E-state index >= 15 is 0 Å². The van der Waals surface area contributed by atoms with Gasteiger partial charge in [-0.1, -0.05) is 11.6 Å². The first-order valence-electron chi connectivity index (χ1n) is 4.97. The van der Waals surface area contributed by atoms with Gasteiger partial charge in [-0.15, -0.1) is 0 Å². The van der Waals surface area contributed by atoms with Gasteiger partial charge in [0.1, 0.15) is 5.75 Å². The summed E-state index contributed by atoms with van der Waals surface area (Å²) in [7, 11) is 0. The van der Waals surface area contributed by atoms with Crippen molar-refractivity contribution in [2.75, 3.05) is 0 Å². The second-order valence-electron chi connectivity index (χ2n) is 3.42. The first-order chi connectivity index (χ1) is 8.40. The summed E-state index contributed by atoms with van der Waals surface area (Å²) < 4.78 is 33.5. The van der Waals surface area contributed by atoms with E-state index in [-0.39, 0.29) is 17.9 Å². The van der Waals surface area contributed by atoms with Gasteiger partial charge in [-0.2, -0.15) is 8.78 Å². The Hall–Kier alpha value is -1.40. The number of aliphatic carboxylic acids is 1. The maximum Gasteiger partial charge on any atom is 0.387 e. The first kappa shape index (κ1) is 14.7. The number of carboxylic acids is 1. The van der Waals surface area contributed by atoms with E-state index in [4.69, 9.17) is 21.4 Å². The average Bonchev–Trinajstić information content (AvgIpc) is 2.28. The lowest BCUT2D eigenvalue weighted by Crippen LogP contribution is -2.19. The van der Waals surface area contributed by atoms with Crippen LogP contribution < -0.4 is 4.74 Å². The normalized spacial score (nSPS) is 12.5. The van der Waals surface area contributed by atoms with Gasteiger partial charge in [0.05, 0.1) is 6.61 Å². The molecule has 0 heterocycles. The minimum Gasteiger partial charge on any atom is -0.479 e. The molecule has 0 radical (unpaired) electrons. The van der Waals surface area contributed by atoms with Crippen LogP contribution in [0.2, 0.25) is 5.02 Å². The highest BCUT2D eigenvalue weighted by molar-refractivity contribution is 6.30. The van der Waals surface area contributed by atoms with Crippen LogP contribution in [0.3, 0.4) is 0 Å². The van der Waals surface area contributed by atoms with E-state index in [2.05, 4.69) is 4.74 Å². The third-order valence-corrected chi connectivity index (χ3v) is 2.31. The van der Waals surface area contributed by atoms with Crippen molar-refractivity contribution in [1.82, 2.24) is 0 Å². The molecular weight excluding hydrogens is 270 g/mol. The summed E-state index contributed by atoms with van der Waals surface area (Å²) in [5.74, 6) is -1.24. The lowest BCUT2D eigenvalue weighted by molar-refractivity contribution is -0.150. The van der Waals surface area contributed by atoms with Crippen molar-refractivity contribution < 1.29 is 28.2 Å². The molecule has 1 rings (SSSR count). The minimum atomic E-state index is -2.97. The molecular formula is C11H11ClF2O4. The number of benzene rings is 1. The van der Waals surface area contributed by atoms with Gasteiger partial charge in [0, 0.05) is 10.6 Å². The van der Waals surface area contributed by atoms with E-state index < -0.39 is 18.7 Å². The van der Waals surface area contributed by atoms with Gasteiger partial charge in [0.15, 0.2) is 6.10 Å². The van der Waals surface area contributed by atoms with E-state index in [0.717, 1.165) is 0 Å². The summed E-state index contributed by atoms with van der Waals surface area (Å²) in [6.07, 6.45) is -1.05. The largest absolute Gasteiger partial charge is 0.479 e. The van der Waals surface area contributed by atoms with E-state index in [1.165, 1.54) is 25.1 Å². The standard InChI is InChI=1S/C11H11ClF2O4/c1-6(10(15)16)17-5-7-4-8(12)2-3-9(7)18-11(13)14/h2-4,6,11H,5H2,1H3,(H,15,16). The molecule has 0 saturated carbocycles. The highest BCUT2D eigenvalue weighted by Crippen LogP contribution is 2.25. The molecule has 1 atom stereocenters. The Labute approximate surface area is 107 Å². The molecule has 18 heavy (non-hydrogen) atoms. The summed E-state index contributed by atoms with van der Waals surface area (Å²) in [5, 5.41) is 8.94. The zero-order valence-electron chi connectivity index (χ0n) is 9.40. The molecule has 0 spiro atoms. The highest BCUT2D eigenvalue weighted by atomic mass is 35.5. The SMILES string of the molecule is CC(OCc1cc(Cl)ccc1OC(F)F)C(=O)O. The van der Waals surface area contributed by atoms with Gasteiger partial charge in [0.25, 0.3) is 0 Å². The summed E-state index contributed by atoms with van der Waals surface area (Å²) in [4.78, 5) is 10.5. The lowest BCUT2D eigenvalue weighted by Gasteiger charge is -2.13. The summed E-state index contributed by atoms with van der Waals surface area (Å²) in [5.41, 5.74) is 0.260. The maximum absolute atomic E-state index is 12.1. The Kier molecular flexibility index (Phi) is 5.30. The fourth-order valence-electron chi connectivity index (χ4n) is 1.16. The molecule has 0 aromatic heterocycles. The minimum absolute atomic E-state index is 0.0908. The van der Waals surface area contributed by atoms with Gasteiger partial charge in [0.2, 0.25) is 0 Å². The van der Waals surface area contributed by atoms with Gasteiger partial charge in [-0.25, -0.2) is 4.79 Å². The predicted octanol–water partition coefficient (Wildman–Crippen LogP) is 2.93. The van der Waals surface area contributed by atoms with Crippen LogP contribution >= 0.6 is 11.6 Å². The highest BCUT2D eigenvalue weighted by Gasteiger charge is 2.14. The molecule has 100 valence electrons. The number of ether oxygens (including phenoxy) is 2. The Morgan fingerprint density at radius 2 is 2.17 bits per heavy atom. The van der Waals surface area contributed by atoms with Crippen LogP contribution in [0.1, 0.15) is 12.5 Å². The molecule has 0 aliphatic carbocycles. The summed E-state index contributed by atoms with van der Waals surface area (Å²) >= 11 is 5.72. The van der Waals surface area contributed by atoms with Crippen LogP contribution in [-0.2, 0) is 16.1 Å². The fourth-order valence-corrected chi connectivity index (χ4v) is 1.35. The van der Waals surface area contributed by atoms with Crippen molar-refractivity contribution in [3.63, 3.8) is 0 Å². The molecule has 0 aliphatic rings. The second kappa shape index (κ2) is 6.51. The Balaban J connectivity index is 2.78. The maximum atomic E-state index is 12.1. The van der Waals surface area contributed by atoms with E-state index in [1.807, 2.05) is 0 Å². The number of carbonyl (C=O) groups is 1. The molecule has 1 aromatic carbocycles. The summed E-state index contributed by atoms with van der Waals surface area (Å²) in [6.45, 7) is -1.82. The number of hydrogen-bond acceptors (Lipinski definition) is 3. The van der Waals surface area contributed by atoms with Gasteiger partial charge in [-0.05, 0) is 25.1 Å². The van der Waals surface area contributed by atoms with Crippen LogP contribution in [0.4, 0.5) is 8.78 Å². The van der Waals surface area contributed by atoms with Crippen molar-refractivity contribution >= 4 is 17.6 Å². The zero-order chi connectivity index (χ0) is 13.7. The molecule has 0 amide bonds. The number of carboxylic acid groups (broad SMARTS) is 1. The fraction of sp³-hybridized carbons (Fsp3) is 0.364. The third kappa shape index (κ3) is 4.46. The number of halogens is 3. The summed E-state index contributed by atoms with van der Waals surface area (Å²) in [6, 6.07) is 4.05. The second-order valence-corrected chi connectivity index (χ2v) is 3.86. The van der Waals surface area contributed by atoms with Crippen LogP contribution in [0.25, 0.3) is 0 Å². The van der Waals surface area contributed by atoms with Crippen LogP contribution in [0.15, 0.2) is 18.2 Å². The number of alkyl halides is 2. The smallest absolute Gasteiger partial charge is 0.387 e. The van der Waals surface area contributed by atoms with Crippen LogP contribution in [0, 0.1) is 0 Å². The molecule has 1 N–H and O–H groups in total. The predicted molar refractivity (Wildman–Crippen MR) is 60.0 cm³/mol. The van der Waals surface area contributed by atoms with E-state index in [0.29, 0.717) is 5.02 Å². The average molecular weight is 281 g/mol. The van der Waals surface area contributed by atoms with Gasteiger partial charge in [-0.3, -0.25) is 0 Å². The molecule has 7 heteroatoms. The zero-order valence-corrected chi connectivity index (χ0v) is 10.2. The molecule has 1 aromatic rings. The van der Waals surface area contributed by atoms with Crippen LogP contribution in [0.5, 0.6) is 5.75 Å². The monoisotopic (exact) mass is 280 g/mol. The Morgan fingerprint density at radius 3 is 2.72 bits per heavy atom. The quantitative estimate of drug-likeness (QED) is 0.870. The van der Waals surface area contributed by atoms with Crippen molar-refractivity contribution in [2.45, 2.75) is 26.2 Å². The van der Waals surface area contributed by atoms with Crippen molar-refractivity contribution in [2.24, 2.45) is 0 Å². The number of hydrogen-bond donors (Lipinski definition) is 1. The Morgan fingerprint density at radius 1 is 1.50 bits per heavy atom. The molecule has 0 aliphatic heterocycles. The van der Waals surface area contributed by atoms with E-state index in [9.17, 15) is 13.6 Å². The lowest BCUT2D eigenvalue weighted by atomic mass is 10.2. The van der Waals surface area contributed by atoms with Crippen molar-refractivity contribution in [3.8, 4) is 5.75 Å². The van der Waals surface area contributed by atoms with Crippen LogP contribution in [-0.4, -0.2) is 23.8 Å². The number of rotatable bonds is 6. The van der Waals surface area contributed by atoms with E-state index in [1.54, 1.807) is 0 Å². The molecule has 0 fully saturated rings. The molecule has 1 unspecified atom stereocenters. The van der Waals surface area contributed by atoms with Crippen molar-refractivity contribution in [3.05, 3.63) is 28.8 Å². The topological polar surface area (TPSA) is 55.8 Å². The Bertz CT molecular complexity index is 426. The molecule has 0 bridgehead atoms. The van der Waals surface area contributed by atoms with Crippen molar-refractivity contribution in [1.29, 1.82) is 0 Å². The van der Waals surface area contributed by atoms with Gasteiger partial charge < -0.3 is 14.6 Å². The molecule has 4 nitrogen and oxygen atoms in total. The first-order valence-corrected chi connectivity index (χ1v) is 5.35. The van der Waals surface area contributed by atoms with Gasteiger partial charge >= 0.3 is 12.6 Å².